The number of H-pyrrole nitrogens is 2. The molecule has 0 aliphatic heterocycles. The van der Waals surface area contributed by atoms with Gasteiger partial charge in [0.15, 0.2) is 0 Å². The van der Waals surface area contributed by atoms with Crippen LogP contribution in [0.2, 0.25) is 10.3 Å². The number of rotatable bonds is 0. The molecule has 2 nitrogen and oxygen atoms in total. The van der Waals surface area contributed by atoms with E-state index in [-0.39, 0.29) is 48.0 Å². The van der Waals surface area contributed by atoms with Crippen molar-refractivity contribution in [1.29, 1.82) is 0 Å². The molecule has 0 saturated carbocycles. The molecule has 0 amide bonds. The predicted octanol–water partition coefficient (Wildman–Crippen LogP) is 6.88. The van der Waals surface area contributed by atoms with Crippen molar-refractivity contribution in [2.24, 2.45) is 0 Å². The molecular weight excluding hydrogens is 545 g/mol. The Morgan fingerprint density at radius 3 is 1.32 bits per heavy atom. The lowest BCUT2D eigenvalue weighted by Crippen LogP contribution is -1.60. The van der Waals surface area contributed by atoms with Crippen LogP contribution in [0.15, 0.2) is 60.9 Å². The van der Waals surface area contributed by atoms with E-state index in [4.69, 9.17) is 23.2 Å². The van der Waals surface area contributed by atoms with Gasteiger partial charge in [0.05, 0.1) is 0 Å². The molecule has 2 aromatic heterocycles. The molecule has 0 saturated heterocycles. The van der Waals surface area contributed by atoms with Crippen molar-refractivity contribution >= 4 is 92.7 Å². The molecule has 2 N–H and O–H groups in total. The highest BCUT2D eigenvalue weighted by Gasteiger charge is 1.97. The summed E-state index contributed by atoms with van der Waals surface area (Å²) in [5.74, 6) is 0. The fourth-order valence-corrected chi connectivity index (χ4v) is 2.54. The zero-order valence-corrected chi connectivity index (χ0v) is 17.5. The molecule has 0 radical (unpaired) electrons. The van der Waals surface area contributed by atoms with Gasteiger partial charge in [-0.05, 0) is 0 Å². The zero-order valence-electron chi connectivity index (χ0n) is 11.3. The number of benzene rings is 2. The summed E-state index contributed by atoms with van der Waals surface area (Å²) in [4.78, 5) is 5.88. The van der Waals surface area contributed by atoms with Crippen LogP contribution in [0.4, 0.5) is 0 Å². The van der Waals surface area contributed by atoms with E-state index in [0.29, 0.717) is 0 Å². The minimum atomic E-state index is 0. The maximum absolute atomic E-state index is 5.82. The third-order valence-electron chi connectivity index (χ3n) is 3.10. The summed E-state index contributed by atoms with van der Waals surface area (Å²) in [6.07, 6.45) is 3.80. The van der Waals surface area contributed by atoms with Crippen LogP contribution in [0.3, 0.4) is 0 Å². The second-order valence-electron chi connectivity index (χ2n) is 4.38. The quantitative estimate of drug-likeness (QED) is 0.221. The van der Waals surface area contributed by atoms with E-state index in [2.05, 4.69) is 9.97 Å². The molecule has 4 rings (SSSR count). The van der Waals surface area contributed by atoms with Crippen molar-refractivity contribution in [2.45, 2.75) is 0 Å². The van der Waals surface area contributed by atoms with Gasteiger partial charge in [-0.3, -0.25) is 0 Å². The van der Waals surface area contributed by atoms with Crippen molar-refractivity contribution in [1.82, 2.24) is 9.97 Å². The topological polar surface area (TPSA) is 31.6 Å². The molecule has 6 heteroatoms. The zero-order chi connectivity index (χ0) is 13.9. The smallest absolute Gasteiger partial charge is 0.114 e. The molecule has 22 heavy (non-hydrogen) atoms. The Bertz CT molecular complexity index is 783. The van der Waals surface area contributed by atoms with Gasteiger partial charge >= 0.3 is 0 Å². The first-order valence-corrected chi connectivity index (χ1v) is 6.94. The van der Waals surface area contributed by atoms with E-state index in [1.807, 2.05) is 60.9 Å². The first-order chi connectivity index (χ1) is 9.75. The molecule has 0 unspecified atom stereocenters. The Morgan fingerprint density at radius 2 is 0.955 bits per heavy atom. The van der Waals surface area contributed by atoms with Crippen LogP contribution in [0.25, 0.3) is 21.5 Å². The summed E-state index contributed by atoms with van der Waals surface area (Å²) in [5.41, 5.74) is 0. The van der Waals surface area contributed by atoms with Crippen LogP contribution in [0.5, 0.6) is 0 Å². The number of halogens is 4. The summed E-state index contributed by atoms with van der Waals surface area (Å²) < 4.78 is 0. The third-order valence-corrected chi connectivity index (χ3v) is 3.73. The lowest BCUT2D eigenvalue weighted by atomic mass is 10.2. The van der Waals surface area contributed by atoms with Crippen LogP contribution in [-0.2, 0) is 0 Å². The first kappa shape index (κ1) is 19.6. The van der Waals surface area contributed by atoms with E-state index >= 15 is 0 Å². The molecule has 0 fully saturated rings. The third kappa shape index (κ3) is 4.31. The van der Waals surface area contributed by atoms with Crippen molar-refractivity contribution in [3.63, 3.8) is 0 Å². The van der Waals surface area contributed by atoms with Gasteiger partial charge in [0, 0.05) is 33.9 Å². The van der Waals surface area contributed by atoms with Gasteiger partial charge in [-0.2, -0.15) is 0 Å². The van der Waals surface area contributed by atoms with E-state index in [9.17, 15) is 0 Å². The van der Waals surface area contributed by atoms with Gasteiger partial charge < -0.3 is 9.97 Å². The van der Waals surface area contributed by atoms with Gasteiger partial charge in [-0.15, -0.1) is 48.0 Å². The van der Waals surface area contributed by atoms with Gasteiger partial charge in [-0.25, -0.2) is 0 Å². The molecule has 4 aromatic rings. The second kappa shape index (κ2) is 9.00. The highest BCUT2D eigenvalue weighted by molar-refractivity contribution is 14.0. The average Bonchev–Trinajstić information content (AvgIpc) is 3.05. The maximum atomic E-state index is 5.82. The molecule has 0 bridgehead atoms. The number of hydrogen-bond donors (Lipinski definition) is 2. The predicted molar refractivity (Wildman–Crippen MR) is 117 cm³/mol. The summed E-state index contributed by atoms with van der Waals surface area (Å²) >= 11 is 11.6. The Balaban J connectivity index is 0.000000202. The summed E-state index contributed by atoms with van der Waals surface area (Å²) in [6.45, 7) is 0. The highest BCUT2D eigenvalue weighted by atomic mass is 127. The van der Waals surface area contributed by atoms with Crippen LogP contribution in [-0.4, -0.2) is 9.97 Å². The number of nitrogens with one attached hydrogen (secondary N) is 2. The molecule has 2 heterocycles. The van der Waals surface area contributed by atoms with Crippen LogP contribution < -0.4 is 0 Å². The molecule has 116 valence electrons. The van der Waals surface area contributed by atoms with Gasteiger partial charge in [0.25, 0.3) is 0 Å². The number of hydrogen-bond acceptors (Lipinski definition) is 0. The first-order valence-electron chi connectivity index (χ1n) is 6.19. The van der Waals surface area contributed by atoms with Crippen molar-refractivity contribution in [3.8, 4) is 0 Å². The highest BCUT2D eigenvalue weighted by Crippen LogP contribution is 2.21. The van der Waals surface area contributed by atoms with E-state index in [1.165, 1.54) is 0 Å². The molecule has 0 aliphatic carbocycles. The minimum absolute atomic E-state index is 0. The lowest BCUT2D eigenvalue weighted by Gasteiger charge is -1.85. The minimum Gasteiger partial charge on any atom is -0.351 e. The van der Waals surface area contributed by atoms with Crippen molar-refractivity contribution < 1.29 is 0 Å². The Labute approximate surface area is 172 Å². The molecular formula is C16H14Cl2I2N2. The monoisotopic (exact) mass is 558 g/mol. The maximum Gasteiger partial charge on any atom is 0.114 e. The van der Waals surface area contributed by atoms with Gasteiger partial charge in [-0.1, -0.05) is 71.7 Å². The number of fused-ring (bicyclic) bond motifs is 2. The summed E-state index contributed by atoms with van der Waals surface area (Å²) in [7, 11) is 0. The standard InChI is InChI=1S/2C8H6ClN.2HI/c2*9-8-7-4-2-1-3-6(7)5-10-8;;/h2*1-5,10H;2*1H. The average molecular weight is 559 g/mol. The molecule has 0 aliphatic rings. The fourth-order valence-electron chi connectivity index (χ4n) is 2.08. The lowest BCUT2D eigenvalue weighted by molar-refractivity contribution is 1.43. The van der Waals surface area contributed by atoms with Gasteiger partial charge in [0.2, 0.25) is 0 Å². The number of aromatic amines is 2. The molecule has 0 atom stereocenters. The van der Waals surface area contributed by atoms with Crippen molar-refractivity contribution in [2.75, 3.05) is 0 Å². The Hall–Kier alpha value is -0.440. The second-order valence-corrected chi connectivity index (χ2v) is 5.14. The summed E-state index contributed by atoms with van der Waals surface area (Å²) in [6, 6.07) is 16.0. The van der Waals surface area contributed by atoms with E-state index < -0.39 is 0 Å². The van der Waals surface area contributed by atoms with Crippen molar-refractivity contribution in [3.05, 3.63) is 71.2 Å². The van der Waals surface area contributed by atoms with Crippen LogP contribution in [0, 0.1) is 0 Å². The summed E-state index contributed by atoms with van der Waals surface area (Å²) in [5, 5.41) is 5.93. The van der Waals surface area contributed by atoms with Crippen LogP contribution in [0.1, 0.15) is 0 Å². The number of aromatic nitrogens is 2. The van der Waals surface area contributed by atoms with E-state index in [1.54, 1.807) is 0 Å². The normalized spacial score (nSPS) is 9.55. The largest absolute Gasteiger partial charge is 0.351 e. The Kier molecular flexibility index (Phi) is 8.02. The SMILES string of the molecule is Clc1[nH]cc2ccccc12.Clc1[nH]cc2ccccc12.I.I. The van der Waals surface area contributed by atoms with Gasteiger partial charge in [0.1, 0.15) is 10.3 Å². The Morgan fingerprint density at radius 1 is 0.591 bits per heavy atom. The van der Waals surface area contributed by atoms with Crippen LogP contribution >= 0.6 is 71.2 Å². The molecule has 2 aromatic carbocycles. The molecule has 0 spiro atoms. The van der Waals surface area contributed by atoms with E-state index in [0.717, 1.165) is 31.9 Å². The fraction of sp³-hybridized carbons (Fsp3) is 0.